The van der Waals surface area contributed by atoms with Gasteiger partial charge in [-0.25, -0.2) is 9.78 Å². The van der Waals surface area contributed by atoms with Crippen LogP contribution in [0.1, 0.15) is 23.7 Å². The summed E-state index contributed by atoms with van der Waals surface area (Å²) in [6.07, 6.45) is 0. The van der Waals surface area contributed by atoms with Gasteiger partial charge in [0.25, 0.3) is 0 Å². The standard InChI is InChI=1S/C10H12N4OS2/c1-6(8-4-3-5-16-8)11-9(15)13-10-12-7(2)14-17-10/h3-6H,1-2H3,(H2,11,12,13,14,15)/t6-/m1/s1. The van der Waals surface area contributed by atoms with Gasteiger partial charge in [0.05, 0.1) is 6.04 Å². The zero-order chi connectivity index (χ0) is 12.3. The van der Waals surface area contributed by atoms with Crippen molar-refractivity contribution < 1.29 is 4.79 Å². The van der Waals surface area contributed by atoms with Gasteiger partial charge in [-0.2, -0.15) is 4.37 Å². The molecule has 0 fully saturated rings. The zero-order valence-corrected chi connectivity index (χ0v) is 11.1. The molecule has 2 rings (SSSR count). The summed E-state index contributed by atoms with van der Waals surface area (Å²) in [5.74, 6) is 0.664. The van der Waals surface area contributed by atoms with Crippen LogP contribution in [0.5, 0.6) is 0 Å². The van der Waals surface area contributed by atoms with Crippen molar-refractivity contribution in [3.63, 3.8) is 0 Å². The van der Waals surface area contributed by atoms with Gasteiger partial charge >= 0.3 is 6.03 Å². The minimum absolute atomic E-state index is 0.0102. The van der Waals surface area contributed by atoms with Gasteiger partial charge in [-0.1, -0.05) is 6.07 Å². The lowest BCUT2D eigenvalue weighted by Gasteiger charge is -2.11. The summed E-state index contributed by atoms with van der Waals surface area (Å²) in [5.41, 5.74) is 0. The summed E-state index contributed by atoms with van der Waals surface area (Å²) >= 11 is 2.79. The van der Waals surface area contributed by atoms with Crippen molar-refractivity contribution in [3.8, 4) is 0 Å². The molecule has 2 heterocycles. The topological polar surface area (TPSA) is 66.9 Å². The highest BCUT2D eigenvalue weighted by molar-refractivity contribution is 7.10. The predicted molar refractivity (Wildman–Crippen MR) is 69.5 cm³/mol. The fourth-order valence-electron chi connectivity index (χ4n) is 1.29. The molecule has 0 spiro atoms. The molecule has 0 unspecified atom stereocenters. The molecule has 2 aromatic rings. The molecule has 0 aliphatic carbocycles. The third-order valence-corrected chi connectivity index (χ3v) is 3.84. The molecule has 2 aromatic heterocycles. The maximum Gasteiger partial charge on any atom is 0.321 e. The van der Waals surface area contributed by atoms with Crippen LogP contribution < -0.4 is 10.6 Å². The number of carbonyl (C=O) groups excluding carboxylic acids is 1. The van der Waals surface area contributed by atoms with E-state index in [1.54, 1.807) is 18.3 Å². The van der Waals surface area contributed by atoms with Crippen molar-refractivity contribution in [3.05, 3.63) is 28.2 Å². The molecule has 17 heavy (non-hydrogen) atoms. The SMILES string of the molecule is Cc1nsc(NC(=O)N[C@H](C)c2cccs2)n1. The van der Waals surface area contributed by atoms with E-state index in [0.29, 0.717) is 11.0 Å². The van der Waals surface area contributed by atoms with Crippen LogP contribution in [0.3, 0.4) is 0 Å². The molecule has 0 aliphatic heterocycles. The average Bonchev–Trinajstić information content (AvgIpc) is 2.89. The van der Waals surface area contributed by atoms with Gasteiger partial charge in [-0.05, 0) is 25.3 Å². The molecule has 90 valence electrons. The number of aryl methyl sites for hydroxylation is 1. The second-order valence-electron chi connectivity index (χ2n) is 3.48. The first-order valence-corrected chi connectivity index (χ1v) is 6.71. The second-order valence-corrected chi connectivity index (χ2v) is 5.21. The summed E-state index contributed by atoms with van der Waals surface area (Å²) in [4.78, 5) is 16.8. The van der Waals surface area contributed by atoms with Gasteiger partial charge in [0, 0.05) is 16.4 Å². The Morgan fingerprint density at radius 3 is 2.94 bits per heavy atom. The van der Waals surface area contributed by atoms with E-state index in [0.717, 1.165) is 4.88 Å². The van der Waals surface area contributed by atoms with Crippen LogP contribution in [-0.4, -0.2) is 15.4 Å². The molecule has 0 bridgehead atoms. The summed E-state index contributed by atoms with van der Waals surface area (Å²) < 4.78 is 3.99. The Hall–Kier alpha value is -1.47. The molecule has 7 heteroatoms. The van der Waals surface area contributed by atoms with Crippen LogP contribution in [0.25, 0.3) is 0 Å². The van der Waals surface area contributed by atoms with E-state index in [1.165, 1.54) is 11.5 Å². The smallest absolute Gasteiger partial charge is 0.321 e. The summed E-state index contributed by atoms with van der Waals surface area (Å²) in [7, 11) is 0. The van der Waals surface area contributed by atoms with Crippen molar-refractivity contribution in [2.24, 2.45) is 0 Å². The number of hydrogen-bond acceptors (Lipinski definition) is 5. The Labute approximate surface area is 107 Å². The largest absolute Gasteiger partial charge is 0.330 e. The first-order valence-electron chi connectivity index (χ1n) is 5.06. The van der Waals surface area contributed by atoms with E-state index in [2.05, 4.69) is 20.0 Å². The number of nitrogens with zero attached hydrogens (tertiary/aromatic N) is 2. The summed E-state index contributed by atoms with van der Waals surface area (Å²) in [6, 6.07) is 3.68. The lowest BCUT2D eigenvalue weighted by molar-refractivity contribution is 0.249. The van der Waals surface area contributed by atoms with E-state index in [-0.39, 0.29) is 12.1 Å². The fourth-order valence-corrected chi connectivity index (χ4v) is 2.59. The van der Waals surface area contributed by atoms with Crippen molar-refractivity contribution >= 4 is 34.0 Å². The van der Waals surface area contributed by atoms with Crippen molar-refractivity contribution in [2.45, 2.75) is 19.9 Å². The van der Waals surface area contributed by atoms with E-state index < -0.39 is 0 Å². The van der Waals surface area contributed by atoms with Gasteiger partial charge in [0.15, 0.2) is 0 Å². The summed E-state index contributed by atoms with van der Waals surface area (Å²) in [5, 5.41) is 7.99. The van der Waals surface area contributed by atoms with Gasteiger partial charge in [0.2, 0.25) is 5.13 Å². The van der Waals surface area contributed by atoms with E-state index >= 15 is 0 Å². The molecular formula is C10H12N4OS2. The van der Waals surface area contributed by atoms with Gasteiger partial charge in [-0.3, -0.25) is 5.32 Å². The Bertz CT molecular complexity index is 494. The molecule has 0 aliphatic rings. The molecular weight excluding hydrogens is 256 g/mol. The summed E-state index contributed by atoms with van der Waals surface area (Å²) in [6.45, 7) is 3.73. The number of rotatable bonds is 3. The Kier molecular flexibility index (Phi) is 3.70. The number of amides is 2. The molecule has 0 saturated carbocycles. The second kappa shape index (κ2) is 5.24. The number of aromatic nitrogens is 2. The van der Waals surface area contributed by atoms with Crippen LogP contribution in [0, 0.1) is 6.92 Å². The van der Waals surface area contributed by atoms with E-state index in [1.807, 2.05) is 24.4 Å². The maximum atomic E-state index is 11.6. The first kappa shape index (κ1) is 12.0. The Morgan fingerprint density at radius 1 is 1.53 bits per heavy atom. The van der Waals surface area contributed by atoms with Gasteiger partial charge < -0.3 is 5.32 Å². The third kappa shape index (κ3) is 3.24. The van der Waals surface area contributed by atoms with E-state index in [9.17, 15) is 4.79 Å². The molecule has 0 radical (unpaired) electrons. The van der Waals surface area contributed by atoms with Crippen LogP contribution in [-0.2, 0) is 0 Å². The Balaban J connectivity index is 1.89. The number of thiophene rings is 1. The monoisotopic (exact) mass is 268 g/mol. The zero-order valence-electron chi connectivity index (χ0n) is 9.43. The van der Waals surface area contributed by atoms with Crippen molar-refractivity contribution in [2.75, 3.05) is 5.32 Å². The number of urea groups is 1. The lowest BCUT2D eigenvalue weighted by atomic mass is 10.3. The van der Waals surface area contributed by atoms with Crippen LogP contribution in [0.4, 0.5) is 9.93 Å². The maximum absolute atomic E-state index is 11.6. The minimum atomic E-state index is -0.262. The molecule has 0 saturated heterocycles. The first-order chi connectivity index (χ1) is 8.15. The number of nitrogens with one attached hydrogen (secondary N) is 2. The van der Waals surface area contributed by atoms with Crippen molar-refractivity contribution in [1.29, 1.82) is 0 Å². The highest BCUT2D eigenvalue weighted by Crippen LogP contribution is 2.18. The third-order valence-electron chi connectivity index (χ3n) is 2.07. The molecule has 1 atom stereocenters. The minimum Gasteiger partial charge on any atom is -0.330 e. The van der Waals surface area contributed by atoms with Gasteiger partial charge in [0.1, 0.15) is 5.82 Å². The van der Waals surface area contributed by atoms with Crippen molar-refractivity contribution in [1.82, 2.24) is 14.7 Å². The average molecular weight is 268 g/mol. The van der Waals surface area contributed by atoms with Gasteiger partial charge in [-0.15, -0.1) is 11.3 Å². The highest BCUT2D eigenvalue weighted by atomic mass is 32.1. The molecule has 0 aromatic carbocycles. The van der Waals surface area contributed by atoms with E-state index in [4.69, 9.17) is 0 Å². The fraction of sp³-hybridized carbons (Fsp3) is 0.300. The molecule has 5 nitrogen and oxygen atoms in total. The van der Waals surface area contributed by atoms with Crippen LogP contribution in [0.15, 0.2) is 17.5 Å². The van der Waals surface area contributed by atoms with Crippen LogP contribution in [0.2, 0.25) is 0 Å². The number of carbonyl (C=O) groups is 1. The lowest BCUT2D eigenvalue weighted by Crippen LogP contribution is -2.30. The van der Waals surface area contributed by atoms with Crippen LogP contribution >= 0.6 is 22.9 Å². The quantitative estimate of drug-likeness (QED) is 0.899. The normalized spacial score (nSPS) is 12.1. The number of anilines is 1. The predicted octanol–water partition coefficient (Wildman–Crippen LogP) is 2.79. The molecule has 2 amide bonds. The number of hydrogen-bond donors (Lipinski definition) is 2. The highest BCUT2D eigenvalue weighted by Gasteiger charge is 2.11. The molecule has 2 N–H and O–H groups in total. The Morgan fingerprint density at radius 2 is 2.35 bits per heavy atom.